The van der Waals surface area contributed by atoms with Crippen molar-refractivity contribution in [2.24, 2.45) is 0 Å². The minimum absolute atomic E-state index is 0.541. The third-order valence-electron chi connectivity index (χ3n) is 0.557. The first-order valence-electron chi connectivity index (χ1n) is 2.84. The third-order valence-corrected chi connectivity index (χ3v) is 0.557. The molecule has 0 aliphatic carbocycles. The summed E-state index contributed by atoms with van der Waals surface area (Å²) in [7, 11) is 0. The molecule has 0 saturated carbocycles. The highest BCUT2D eigenvalue weighted by molar-refractivity contribution is 5.69. The number of rotatable bonds is 0. The number of nitrogens with one attached hydrogen (secondary N) is 1. The zero-order valence-electron chi connectivity index (χ0n) is 6.26. The van der Waals surface area contributed by atoms with E-state index in [0.29, 0.717) is 0 Å². The molecule has 0 aromatic rings. The second-order valence-corrected chi connectivity index (χ2v) is 2.74. The molecule has 0 rings (SSSR count). The van der Waals surface area contributed by atoms with Crippen LogP contribution in [-0.2, 0) is 4.74 Å². The van der Waals surface area contributed by atoms with E-state index in [1.165, 1.54) is 6.19 Å². The Labute approximate surface area is 59.8 Å². The van der Waals surface area contributed by atoms with Gasteiger partial charge in [0.1, 0.15) is 5.60 Å². The van der Waals surface area contributed by atoms with E-state index in [9.17, 15) is 4.79 Å². The highest BCUT2D eigenvalue weighted by Crippen LogP contribution is 2.05. The fourth-order valence-corrected chi connectivity index (χ4v) is 0.349. The number of alkyl carbamates (subject to hydrolysis) is 1. The molecule has 0 heterocycles. The van der Waals surface area contributed by atoms with Crippen molar-refractivity contribution in [3.8, 4) is 6.19 Å². The molecule has 10 heavy (non-hydrogen) atoms. The summed E-state index contributed by atoms with van der Waals surface area (Å²) in [6.45, 7) is 5.18. The standard InChI is InChI=1S/C6H10N2O2/c1-6(2,3)10-5(9)8-4-7/h1-3H3,(H,8,9). The monoisotopic (exact) mass is 142 g/mol. The molecular weight excluding hydrogens is 132 g/mol. The molecule has 0 unspecified atom stereocenters. The van der Waals surface area contributed by atoms with Crippen molar-refractivity contribution in [2.75, 3.05) is 0 Å². The van der Waals surface area contributed by atoms with E-state index < -0.39 is 11.7 Å². The largest absolute Gasteiger partial charge is 0.443 e. The van der Waals surface area contributed by atoms with Gasteiger partial charge in [-0.3, -0.25) is 0 Å². The molecule has 0 saturated heterocycles. The molecule has 0 aliphatic rings. The van der Waals surface area contributed by atoms with Crippen LogP contribution in [0.15, 0.2) is 0 Å². The Morgan fingerprint density at radius 2 is 2.10 bits per heavy atom. The fourth-order valence-electron chi connectivity index (χ4n) is 0.349. The van der Waals surface area contributed by atoms with Crippen molar-refractivity contribution in [1.82, 2.24) is 5.32 Å². The van der Waals surface area contributed by atoms with Gasteiger partial charge in [0, 0.05) is 0 Å². The summed E-state index contributed by atoms with van der Waals surface area (Å²) in [6, 6.07) is 0. The number of amides is 1. The lowest BCUT2D eigenvalue weighted by molar-refractivity contribution is 0.0556. The first-order valence-corrected chi connectivity index (χ1v) is 2.84. The topological polar surface area (TPSA) is 62.1 Å². The smallest absolute Gasteiger partial charge is 0.420 e. The van der Waals surface area contributed by atoms with Gasteiger partial charge in [0.2, 0.25) is 0 Å². The predicted octanol–water partition coefficient (Wildman–Crippen LogP) is 0.992. The summed E-state index contributed by atoms with van der Waals surface area (Å²) >= 11 is 0. The number of hydrogen-bond acceptors (Lipinski definition) is 3. The van der Waals surface area contributed by atoms with E-state index in [-0.39, 0.29) is 0 Å². The van der Waals surface area contributed by atoms with Crippen LogP contribution in [0.2, 0.25) is 0 Å². The van der Waals surface area contributed by atoms with E-state index in [1.54, 1.807) is 20.8 Å². The van der Waals surface area contributed by atoms with Gasteiger partial charge < -0.3 is 4.74 Å². The molecule has 0 spiro atoms. The van der Waals surface area contributed by atoms with Gasteiger partial charge in [0.15, 0.2) is 6.19 Å². The Kier molecular flexibility index (Phi) is 2.68. The average Bonchev–Trinajstić information content (AvgIpc) is 1.59. The maximum atomic E-state index is 10.5. The Morgan fingerprint density at radius 3 is 2.40 bits per heavy atom. The maximum absolute atomic E-state index is 10.5. The highest BCUT2D eigenvalue weighted by Gasteiger charge is 2.14. The summed E-state index contributed by atoms with van der Waals surface area (Å²) in [5.74, 6) is 0. The van der Waals surface area contributed by atoms with Crippen molar-refractivity contribution in [3.05, 3.63) is 0 Å². The number of carbonyl (C=O) groups excluding carboxylic acids is 1. The second-order valence-electron chi connectivity index (χ2n) is 2.74. The minimum atomic E-state index is -0.713. The lowest BCUT2D eigenvalue weighted by atomic mass is 10.2. The molecule has 4 heteroatoms. The van der Waals surface area contributed by atoms with Crippen LogP contribution in [0.25, 0.3) is 0 Å². The third kappa shape index (κ3) is 4.91. The van der Waals surface area contributed by atoms with Crippen LogP contribution in [0, 0.1) is 11.5 Å². The van der Waals surface area contributed by atoms with Gasteiger partial charge in [-0.25, -0.2) is 10.1 Å². The fraction of sp³-hybridized carbons (Fsp3) is 0.667. The molecule has 4 nitrogen and oxygen atoms in total. The molecular formula is C6H10N2O2. The summed E-state index contributed by atoms with van der Waals surface area (Å²) in [5, 5.41) is 9.82. The van der Waals surface area contributed by atoms with E-state index in [0.717, 1.165) is 0 Å². The Hall–Kier alpha value is -1.24. The van der Waals surface area contributed by atoms with Crippen molar-refractivity contribution < 1.29 is 9.53 Å². The lowest BCUT2D eigenvalue weighted by Crippen LogP contribution is -2.29. The molecule has 0 aromatic heterocycles. The minimum Gasteiger partial charge on any atom is -0.443 e. The Bertz CT molecular complexity index is 164. The Balaban J connectivity index is 3.72. The van der Waals surface area contributed by atoms with Crippen molar-refractivity contribution in [2.45, 2.75) is 26.4 Å². The van der Waals surface area contributed by atoms with Gasteiger partial charge in [-0.2, -0.15) is 5.26 Å². The summed E-state index contributed by atoms with van der Waals surface area (Å²) in [6.07, 6.45) is 0.753. The van der Waals surface area contributed by atoms with Crippen LogP contribution in [-0.4, -0.2) is 11.7 Å². The van der Waals surface area contributed by atoms with Crippen molar-refractivity contribution in [1.29, 1.82) is 5.26 Å². The van der Waals surface area contributed by atoms with Crippen LogP contribution in [0.4, 0.5) is 4.79 Å². The van der Waals surface area contributed by atoms with E-state index >= 15 is 0 Å². The number of ether oxygens (including phenoxy) is 1. The average molecular weight is 142 g/mol. The lowest BCUT2D eigenvalue weighted by Gasteiger charge is -2.17. The van der Waals surface area contributed by atoms with Crippen LogP contribution < -0.4 is 5.32 Å². The Morgan fingerprint density at radius 1 is 1.60 bits per heavy atom. The molecule has 1 amide bonds. The van der Waals surface area contributed by atoms with Crippen LogP contribution in [0.5, 0.6) is 0 Å². The van der Waals surface area contributed by atoms with Gasteiger partial charge in [-0.15, -0.1) is 0 Å². The van der Waals surface area contributed by atoms with Gasteiger partial charge in [-0.1, -0.05) is 0 Å². The van der Waals surface area contributed by atoms with Gasteiger partial charge in [0.25, 0.3) is 0 Å². The quantitative estimate of drug-likeness (QED) is 0.405. The molecule has 1 N–H and O–H groups in total. The zero-order chi connectivity index (χ0) is 8.20. The van der Waals surface area contributed by atoms with Gasteiger partial charge >= 0.3 is 6.09 Å². The van der Waals surface area contributed by atoms with E-state index in [4.69, 9.17) is 10.00 Å². The molecule has 0 radical (unpaired) electrons. The number of nitriles is 1. The summed E-state index contributed by atoms with van der Waals surface area (Å²) in [4.78, 5) is 10.5. The van der Waals surface area contributed by atoms with Crippen LogP contribution in [0.3, 0.4) is 0 Å². The predicted molar refractivity (Wildman–Crippen MR) is 35.0 cm³/mol. The second kappa shape index (κ2) is 3.06. The van der Waals surface area contributed by atoms with Crippen LogP contribution >= 0.6 is 0 Å². The molecule has 0 aromatic carbocycles. The molecule has 0 aliphatic heterocycles. The first-order chi connectivity index (χ1) is 4.45. The van der Waals surface area contributed by atoms with Gasteiger partial charge in [-0.05, 0) is 20.8 Å². The number of nitrogens with zero attached hydrogens (tertiary/aromatic N) is 1. The summed E-state index contributed by atoms with van der Waals surface area (Å²) in [5.41, 5.74) is -0.541. The molecule has 56 valence electrons. The normalized spacial score (nSPS) is 9.80. The molecule has 0 bridgehead atoms. The van der Waals surface area contributed by atoms with E-state index in [1.807, 2.05) is 5.32 Å². The highest BCUT2D eigenvalue weighted by atomic mass is 16.6. The summed E-state index contributed by atoms with van der Waals surface area (Å²) < 4.78 is 4.71. The SMILES string of the molecule is CC(C)(C)OC(=O)NC#N. The number of carbonyl (C=O) groups is 1. The van der Waals surface area contributed by atoms with Crippen molar-refractivity contribution in [3.63, 3.8) is 0 Å². The molecule has 0 fully saturated rings. The van der Waals surface area contributed by atoms with Gasteiger partial charge in [0.05, 0.1) is 0 Å². The molecule has 0 atom stereocenters. The number of hydrogen-bond donors (Lipinski definition) is 1. The first kappa shape index (κ1) is 8.76. The van der Waals surface area contributed by atoms with E-state index in [2.05, 4.69) is 0 Å². The zero-order valence-corrected chi connectivity index (χ0v) is 6.26. The maximum Gasteiger partial charge on any atom is 0.420 e. The van der Waals surface area contributed by atoms with Crippen LogP contribution in [0.1, 0.15) is 20.8 Å². The van der Waals surface area contributed by atoms with Crippen molar-refractivity contribution >= 4 is 6.09 Å².